The van der Waals surface area contributed by atoms with E-state index in [1.165, 1.54) is 26.2 Å². The number of aromatic nitrogens is 2. The number of ether oxygens (including phenoxy) is 4. The molecule has 1 saturated heterocycles. The van der Waals surface area contributed by atoms with Gasteiger partial charge in [-0.2, -0.15) is 0 Å². The van der Waals surface area contributed by atoms with Crippen molar-refractivity contribution in [1.29, 1.82) is 0 Å². The molecule has 200 valence electrons. The maximum absolute atomic E-state index is 13.4. The summed E-state index contributed by atoms with van der Waals surface area (Å²) in [6.45, 7) is 3.16. The quantitative estimate of drug-likeness (QED) is 0.230. The summed E-state index contributed by atoms with van der Waals surface area (Å²) in [5.41, 5.74) is 0.870. The fraction of sp³-hybridized carbons (Fsp3) is 0.321. The lowest BCUT2D eigenvalue weighted by Gasteiger charge is -2.26. The van der Waals surface area contributed by atoms with Gasteiger partial charge in [0.05, 0.1) is 45.9 Å². The molecule has 0 spiro atoms. The third-order valence-corrected chi connectivity index (χ3v) is 6.34. The second kappa shape index (κ2) is 11.7. The summed E-state index contributed by atoms with van der Waals surface area (Å²) < 4.78 is 24.0. The Hall–Kier alpha value is -4.47. The van der Waals surface area contributed by atoms with Crippen molar-refractivity contribution < 1.29 is 33.6 Å². The molecule has 2 aromatic carbocycles. The molecule has 4 rings (SSSR count). The van der Waals surface area contributed by atoms with Gasteiger partial charge in [0.1, 0.15) is 11.5 Å². The van der Waals surface area contributed by atoms with Crippen molar-refractivity contribution >= 4 is 17.4 Å². The van der Waals surface area contributed by atoms with Crippen LogP contribution in [0.1, 0.15) is 30.5 Å². The molecule has 0 radical (unpaired) electrons. The maximum Gasteiger partial charge on any atom is 0.295 e. The first-order valence-corrected chi connectivity index (χ1v) is 12.2. The van der Waals surface area contributed by atoms with E-state index in [0.29, 0.717) is 53.7 Å². The molecule has 1 aliphatic heterocycles. The highest BCUT2D eigenvalue weighted by atomic mass is 16.5. The van der Waals surface area contributed by atoms with Crippen molar-refractivity contribution in [3.8, 4) is 23.0 Å². The van der Waals surface area contributed by atoms with E-state index >= 15 is 0 Å². The largest absolute Gasteiger partial charge is 0.507 e. The smallest absolute Gasteiger partial charge is 0.295 e. The molecular formula is C28H31N3O7. The number of imidazole rings is 1. The lowest BCUT2D eigenvalue weighted by molar-refractivity contribution is -0.139. The number of nitrogens with zero attached hydrogens (tertiary/aromatic N) is 3. The molecular weight excluding hydrogens is 490 g/mol. The topological polar surface area (TPSA) is 112 Å². The molecule has 1 atom stereocenters. The number of ketones is 1. The number of aliphatic hydroxyl groups excluding tert-OH is 1. The fourth-order valence-corrected chi connectivity index (χ4v) is 4.61. The standard InChI is InChI=1S/C28H31N3O7/c1-5-38-20-9-6-8-18(14-20)25(32)23-24(19-15-21(35-2)27(37-4)22(16-19)36-3)31(28(34)26(23)33)12-7-11-30-13-10-29-17-30/h6,8-10,13-17,24,32H,5,7,11-12H2,1-4H3. The van der Waals surface area contributed by atoms with E-state index in [1.54, 1.807) is 48.9 Å². The highest BCUT2D eigenvalue weighted by Gasteiger charge is 2.46. The molecule has 10 nitrogen and oxygen atoms in total. The van der Waals surface area contributed by atoms with E-state index in [9.17, 15) is 14.7 Å². The van der Waals surface area contributed by atoms with Gasteiger partial charge in [0.2, 0.25) is 5.75 Å². The first-order chi connectivity index (χ1) is 18.4. The highest BCUT2D eigenvalue weighted by molar-refractivity contribution is 6.46. The number of aryl methyl sites for hydroxylation is 1. The van der Waals surface area contributed by atoms with Crippen LogP contribution in [0.15, 0.2) is 60.7 Å². The molecule has 1 fully saturated rings. The minimum absolute atomic E-state index is 0.0273. The van der Waals surface area contributed by atoms with Crippen molar-refractivity contribution in [2.45, 2.75) is 25.9 Å². The van der Waals surface area contributed by atoms with E-state index < -0.39 is 17.7 Å². The third-order valence-electron chi connectivity index (χ3n) is 6.34. The summed E-state index contributed by atoms with van der Waals surface area (Å²) >= 11 is 0. The van der Waals surface area contributed by atoms with Crippen LogP contribution in [-0.2, 0) is 16.1 Å². The molecule has 0 bridgehead atoms. The second-order valence-corrected chi connectivity index (χ2v) is 8.57. The van der Waals surface area contributed by atoms with Crippen LogP contribution in [-0.4, -0.2) is 65.7 Å². The van der Waals surface area contributed by atoms with E-state index in [-0.39, 0.29) is 17.9 Å². The van der Waals surface area contributed by atoms with Crippen LogP contribution in [0, 0.1) is 0 Å². The summed E-state index contributed by atoms with van der Waals surface area (Å²) in [6, 6.07) is 9.26. The molecule has 10 heteroatoms. The molecule has 1 unspecified atom stereocenters. The molecule has 2 heterocycles. The van der Waals surface area contributed by atoms with Gasteiger partial charge in [0, 0.05) is 31.0 Å². The molecule has 1 N–H and O–H groups in total. The highest BCUT2D eigenvalue weighted by Crippen LogP contribution is 2.45. The van der Waals surface area contributed by atoms with Crippen LogP contribution in [0.2, 0.25) is 0 Å². The summed E-state index contributed by atoms with van der Waals surface area (Å²) in [4.78, 5) is 32.2. The van der Waals surface area contributed by atoms with E-state index in [0.717, 1.165) is 0 Å². The van der Waals surface area contributed by atoms with E-state index in [4.69, 9.17) is 18.9 Å². The van der Waals surface area contributed by atoms with Gasteiger partial charge in [-0.25, -0.2) is 4.98 Å². The number of likely N-dealkylation sites (tertiary alicyclic amines) is 1. The van der Waals surface area contributed by atoms with Gasteiger partial charge in [0.25, 0.3) is 11.7 Å². The van der Waals surface area contributed by atoms with Crippen LogP contribution in [0.5, 0.6) is 23.0 Å². The van der Waals surface area contributed by atoms with E-state index in [2.05, 4.69) is 4.98 Å². The van der Waals surface area contributed by atoms with Crippen LogP contribution >= 0.6 is 0 Å². The Labute approximate surface area is 221 Å². The molecule has 0 saturated carbocycles. The number of aliphatic hydroxyl groups is 1. The Balaban J connectivity index is 1.83. The van der Waals surface area contributed by atoms with Crippen LogP contribution in [0.4, 0.5) is 0 Å². The normalized spacial score (nSPS) is 16.5. The van der Waals surface area contributed by atoms with E-state index in [1.807, 2.05) is 17.7 Å². The summed E-state index contributed by atoms with van der Waals surface area (Å²) in [5.74, 6) is -0.118. The predicted molar refractivity (Wildman–Crippen MR) is 140 cm³/mol. The second-order valence-electron chi connectivity index (χ2n) is 8.57. The number of methoxy groups -OCH3 is 3. The average Bonchev–Trinajstić information content (AvgIpc) is 3.54. The van der Waals surface area contributed by atoms with Gasteiger partial charge >= 0.3 is 0 Å². The SMILES string of the molecule is CCOc1cccc(C(O)=C2C(=O)C(=O)N(CCCn3ccnc3)C2c2cc(OC)c(OC)c(OC)c2)c1. The molecule has 38 heavy (non-hydrogen) atoms. The molecule has 1 aromatic heterocycles. The summed E-state index contributed by atoms with van der Waals surface area (Å²) in [6.07, 6.45) is 5.76. The number of Topliss-reactive ketones (excluding diaryl/α,β-unsaturated/α-hetero) is 1. The van der Waals surface area contributed by atoms with Crippen molar-refractivity contribution in [3.05, 3.63) is 71.8 Å². The Kier molecular flexibility index (Phi) is 8.20. The zero-order chi connectivity index (χ0) is 27.2. The van der Waals surface area contributed by atoms with Crippen molar-refractivity contribution in [2.75, 3.05) is 34.5 Å². The van der Waals surface area contributed by atoms with Crippen LogP contribution in [0.25, 0.3) is 5.76 Å². The van der Waals surface area contributed by atoms with Crippen LogP contribution < -0.4 is 18.9 Å². The number of rotatable bonds is 11. The van der Waals surface area contributed by atoms with Gasteiger partial charge in [-0.15, -0.1) is 0 Å². The molecule has 0 aliphatic carbocycles. The predicted octanol–water partition coefficient (Wildman–Crippen LogP) is 3.82. The number of hydrogen-bond donors (Lipinski definition) is 1. The maximum atomic E-state index is 13.4. The Morgan fingerprint density at radius 2 is 1.76 bits per heavy atom. The average molecular weight is 522 g/mol. The lowest BCUT2D eigenvalue weighted by atomic mass is 9.94. The number of amides is 1. The Morgan fingerprint density at radius 1 is 1.03 bits per heavy atom. The number of carbonyl (C=O) groups excluding carboxylic acids is 2. The Bertz CT molecular complexity index is 1310. The molecule has 3 aromatic rings. The molecule has 1 aliphatic rings. The number of carbonyl (C=O) groups is 2. The summed E-state index contributed by atoms with van der Waals surface area (Å²) in [5, 5.41) is 11.4. The summed E-state index contributed by atoms with van der Waals surface area (Å²) in [7, 11) is 4.47. The molecule has 1 amide bonds. The van der Waals surface area contributed by atoms with Gasteiger partial charge in [-0.3, -0.25) is 9.59 Å². The van der Waals surface area contributed by atoms with Crippen molar-refractivity contribution in [2.24, 2.45) is 0 Å². The van der Waals surface area contributed by atoms with Gasteiger partial charge in [-0.05, 0) is 43.2 Å². The van der Waals surface area contributed by atoms with Crippen molar-refractivity contribution in [3.63, 3.8) is 0 Å². The minimum Gasteiger partial charge on any atom is -0.507 e. The zero-order valence-electron chi connectivity index (χ0n) is 21.8. The van der Waals surface area contributed by atoms with Gasteiger partial charge < -0.3 is 33.5 Å². The third kappa shape index (κ3) is 5.15. The fourth-order valence-electron chi connectivity index (χ4n) is 4.61. The first kappa shape index (κ1) is 26.6. The first-order valence-electron chi connectivity index (χ1n) is 12.2. The Morgan fingerprint density at radius 3 is 2.37 bits per heavy atom. The van der Waals surface area contributed by atoms with Gasteiger partial charge in [-0.1, -0.05) is 12.1 Å². The lowest BCUT2D eigenvalue weighted by Crippen LogP contribution is -2.31. The van der Waals surface area contributed by atoms with Crippen molar-refractivity contribution in [1.82, 2.24) is 14.5 Å². The number of hydrogen-bond acceptors (Lipinski definition) is 8. The van der Waals surface area contributed by atoms with Crippen LogP contribution in [0.3, 0.4) is 0 Å². The minimum atomic E-state index is -0.887. The monoisotopic (exact) mass is 521 g/mol. The van der Waals surface area contributed by atoms with Gasteiger partial charge in [0.15, 0.2) is 11.5 Å². The zero-order valence-corrected chi connectivity index (χ0v) is 21.8. The number of benzene rings is 2.